The van der Waals surface area contributed by atoms with Gasteiger partial charge in [-0.1, -0.05) is 0 Å². The molecule has 1 aromatic rings. The molecule has 0 aliphatic carbocycles. The average Bonchev–Trinajstić information content (AvgIpc) is 2.62. The molecule has 1 unspecified atom stereocenters. The van der Waals surface area contributed by atoms with E-state index in [4.69, 9.17) is 5.11 Å². The van der Waals surface area contributed by atoms with Crippen molar-refractivity contribution in [3.63, 3.8) is 0 Å². The summed E-state index contributed by atoms with van der Waals surface area (Å²) in [7, 11) is 0. The van der Waals surface area contributed by atoms with Gasteiger partial charge in [-0.2, -0.15) is 4.98 Å². The Morgan fingerprint density at radius 2 is 2.21 bits per heavy atom. The highest BCUT2D eigenvalue weighted by Crippen LogP contribution is 2.23. The molecule has 0 saturated carbocycles. The summed E-state index contributed by atoms with van der Waals surface area (Å²) >= 11 is 0. The minimum Gasteiger partial charge on any atom is -0.395 e. The summed E-state index contributed by atoms with van der Waals surface area (Å²) in [5, 5.41) is 12.1. The van der Waals surface area contributed by atoms with Gasteiger partial charge in [0.1, 0.15) is 5.82 Å². The van der Waals surface area contributed by atoms with Crippen molar-refractivity contribution in [2.75, 3.05) is 49.5 Å². The summed E-state index contributed by atoms with van der Waals surface area (Å²) in [5.41, 5.74) is 0.944. The molecular formula is C17H29N5O2. The highest BCUT2D eigenvalue weighted by atomic mass is 16.3. The van der Waals surface area contributed by atoms with Crippen molar-refractivity contribution in [3.8, 4) is 0 Å². The van der Waals surface area contributed by atoms with E-state index < -0.39 is 0 Å². The van der Waals surface area contributed by atoms with Gasteiger partial charge in [-0.05, 0) is 33.6 Å². The van der Waals surface area contributed by atoms with Crippen LogP contribution in [0, 0.1) is 12.8 Å². The molecule has 0 radical (unpaired) electrons. The topological polar surface area (TPSA) is 81.6 Å². The maximum absolute atomic E-state index is 12.6. The van der Waals surface area contributed by atoms with Crippen LogP contribution in [0.1, 0.15) is 32.3 Å². The highest BCUT2D eigenvalue weighted by Gasteiger charge is 2.29. The summed E-state index contributed by atoms with van der Waals surface area (Å²) in [6.45, 7) is 9.52. The van der Waals surface area contributed by atoms with Gasteiger partial charge in [0.25, 0.3) is 0 Å². The molecule has 1 aromatic heterocycles. The molecule has 7 heteroatoms. The number of piperidine rings is 1. The molecule has 1 aliphatic rings. The molecule has 24 heavy (non-hydrogen) atoms. The summed E-state index contributed by atoms with van der Waals surface area (Å²) < 4.78 is 0. The van der Waals surface area contributed by atoms with Crippen LogP contribution >= 0.6 is 0 Å². The Morgan fingerprint density at radius 3 is 2.88 bits per heavy atom. The third-order valence-electron chi connectivity index (χ3n) is 4.49. The van der Waals surface area contributed by atoms with Gasteiger partial charge in [0, 0.05) is 44.5 Å². The van der Waals surface area contributed by atoms with Crippen molar-refractivity contribution in [1.29, 1.82) is 0 Å². The van der Waals surface area contributed by atoms with Gasteiger partial charge in [0.15, 0.2) is 0 Å². The quantitative estimate of drug-likeness (QED) is 0.781. The first-order chi connectivity index (χ1) is 11.6. The lowest BCUT2D eigenvalue weighted by molar-refractivity contribution is -0.135. The second kappa shape index (κ2) is 8.82. The molecule has 1 aliphatic heterocycles. The Balaban J connectivity index is 2.10. The van der Waals surface area contributed by atoms with Gasteiger partial charge in [0.05, 0.1) is 12.5 Å². The molecule has 0 aromatic carbocycles. The Bertz CT molecular complexity index is 548. The van der Waals surface area contributed by atoms with Gasteiger partial charge in [0.2, 0.25) is 11.9 Å². The fourth-order valence-electron chi connectivity index (χ4n) is 3.09. The summed E-state index contributed by atoms with van der Waals surface area (Å²) in [4.78, 5) is 25.6. The standard InChI is InChI=1S/C17H29N5O2/c1-4-21(5-2)16(24)14-7-6-9-22(12-14)17-19-11-13(3)15(20-17)18-8-10-23/h11,14,23H,4-10,12H2,1-3H3,(H,18,19,20). The van der Waals surface area contributed by atoms with E-state index in [0.717, 1.165) is 43.9 Å². The maximum atomic E-state index is 12.6. The van der Waals surface area contributed by atoms with Crippen molar-refractivity contribution < 1.29 is 9.90 Å². The fourth-order valence-corrected chi connectivity index (χ4v) is 3.09. The highest BCUT2D eigenvalue weighted by molar-refractivity contribution is 5.79. The van der Waals surface area contributed by atoms with Gasteiger partial charge >= 0.3 is 0 Å². The Kier molecular flexibility index (Phi) is 6.78. The molecule has 1 saturated heterocycles. The third kappa shape index (κ3) is 4.35. The molecule has 2 rings (SSSR count). The zero-order valence-corrected chi connectivity index (χ0v) is 15.0. The largest absolute Gasteiger partial charge is 0.395 e. The molecule has 2 N–H and O–H groups in total. The predicted octanol–water partition coefficient (Wildman–Crippen LogP) is 1.27. The van der Waals surface area contributed by atoms with Crippen molar-refractivity contribution in [3.05, 3.63) is 11.8 Å². The first kappa shape index (κ1) is 18.4. The molecule has 1 atom stereocenters. The van der Waals surface area contributed by atoms with E-state index in [1.54, 1.807) is 6.20 Å². The van der Waals surface area contributed by atoms with Crippen LogP contribution in [0.25, 0.3) is 0 Å². The molecule has 134 valence electrons. The summed E-state index contributed by atoms with van der Waals surface area (Å²) in [6.07, 6.45) is 3.68. The van der Waals surface area contributed by atoms with Crippen molar-refractivity contribution in [1.82, 2.24) is 14.9 Å². The second-order valence-electron chi connectivity index (χ2n) is 6.15. The number of nitrogens with zero attached hydrogens (tertiary/aromatic N) is 4. The lowest BCUT2D eigenvalue weighted by atomic mass is 9.96. The van der Waals surface area contributed by atoms with Gasteiger partial charge in [-0.15, -0.1) is 0 Å². The number of rotatable bonds is 7. The molecule has 0 bridgehead atoms. The Labute approximate surface area is 144 Å². The number of aromatic nitrogens is 2. The molecular weight excluding hydrogens is 306 g/mol. The number of nitrogens with one attached hydrogen (secondary N) is 1. The lowest BCUT2D eigenvalue weighted by Crippen LogP contribution is -2.45. The lowest BCUT2D eigenvalue weighted by Gasteiger charge is -2.34. The third-order valence-corrected chi connectivity index (χ3v) is 4.49. The van der Waals surface area contributed by atoms with E-state index in [9.17, 15) is 4.79 Å². The van der Waals surface area contributed by atoms with Crippen LogP contribution in [0.15, 0.2) is 6.20 Å². The molecule has 1 fully saturated rings. The van der Waals surface area contributed by atoms with Crippen LogP contribution < -0.4 is 10.2 Å². The van der Waals surface area contributed by atoms with Crippen LogP contribution in [0.2, 0.25) is 0 Å². The molecule has 1 amide bonds. The number of aryl methyl sites for hydroxylation is 1. The zero-order valence-electron chi connectivity index (χ0n) is 15.0. The number of anilines is 2. The molecule has 7 nitrogen and oxygen atoms in total. The van der Waals surface area contributed by atoms with Crippen LogP contribution in [-0.4, -0.2) is 65.2 Å². The van der Waals surface area contributed by atoms with Gasteiger partial charge in [-0.3, -0.25) is 4.79 Å². The van der Waals surface area contributed by atoms with Gasteiger partial charge < -0.3 is 20.2 Å². The monoisotopic (exact) mass is 335 g/mol. The first-order valence-corrected chi connectivity index (χ1v) is 8.82. The number of hydrogen-bond donors (Lipinski definition) is 2. The van der Waals surface area contributed by atoms with E-state index in [-0.39, 0.29) is 18.4 Å². The summed E-state index contributed by atoms with van der Waals surface area (Å²) in [5.74, 6) is 1.64. The number of carbonyl (C=O) groups is 1. The van der Waals surface area contributed by atoms with E-state index in [1.807, 2.05) is 25.7 Å². The number of carbonyl (C=O) groups excluding carboxylic acids is 1. The van der Waals surface area contributed by atoms with E-state index in [0.29, 0.717) is 19.0 Å². The number of aliphatic hydroxyl groups excluding tert-OH is 1. The SMILES string of the molecule is CCN(CC)C(=O)C1CCCN(c2ncc(C)c(NCCO)n2)C1. The minimum absolute atomic E-state index is 0.0115. The number of amides is 1. The van der Waals surface area contributed by atoms with Crippen LogP contribution in [0.4, 0.5) is 11.8 Å². The minimum atomic E-state index is 0.0115. The van der Waals surface area contributed by atoms with Crippen molar-refractivity contribution in [2.24, 2.45) is 5.92 Å². The second-order valence-corrected chi connectivity index (χ2v) is 6.15. The molecule has 0 spiro atoms. The smallest absolute Gasteiger partial charge is 0.227 e. The van der Waals surface area contributed by atoms with E-state index in [2.05, 4.69) is 20.2 Å². The van der Waals surface area contributed by atoms with E-state index in [1.165, 1.54) is 0 Å². The maximum Gasteiger partial charge on any atom is 0.227 e. The number of aliphatic hydroxyl groups is 1. The fraction of sp³-hybridized carbons (Fsp3) is 0.706. The Morgan fingerprint density at radius 1 is 1.46 bits per heavy atom. The van der Waals surface area contributed by atoms with Crippen molar-refractivity contribution >= 4 is 17.7 Å². The van der Waals surface area contributed by atoms with Crippen LogP contribution in [-0.2, 0) is 4.79 Å². The van der Waals surface area contributed by atoms with E-state index >= 15 is 0 Å². The summed E-state index contributed by atoms with van der Waals surface area (Å²) in [6, 6.07) is 0. The first-order valence-electron chi connectivity index (χ1n) is 8.82. The molecule has 2 heterocycles. The normalized spacial score (nSPS) is 17.7. The average molecular weight is 335 g/mol. The zero-order chi connectivity index (χ0) is 17.5. The van der Waals surface area contributed by atoms with Crippen LogP contribution in [0.3, 0.4) is 0 Å². The number of hydrogen-bond acceptors (Lipinski definition) is 6. The van der Waals surface area contributed by atoms with Crippen molar-refractivity contribution in [2.45, 2.75) is 33.6 Å². The van der Waals surface area contributed by atoms with Gasteiger partial charge in [-0.25, -0.2) is 4.98 Å². The predicted molar refractivity (Wildman–Crippen MR) is 95.2 cm³/mol. The van der Waals surface area contributed by atoms with Crippen LogP contribution in [0.5, 0.6) is 0 Å². The Hall–Kier alpha value is -1.89.